The number of halogens is 1. The number of carbonyl (C=O) groups is 2. The van der Waals surface area contributed by atoms with E-state index in [1.807, 2.05) is 31.2 Å². The van der Waals surface area contributed by atoms with Crippen molar-refractivity contribution in [3.63, 3.8) is 0 Å². The molecule has 92 valence electrons. The number of nitrogens with zero attached hydrogens (tertiary/aromatic N) is 1. The summed E-state index contributed by atoms with van der Waals surface area (Å²) in [7, 11) is 1.54. The van der Waals surface area contributed by atoms with Gasteiger partial charge in [-0.25, -0.2) is 0 Å². The van der Waals surface area contributed by atoms with Gasteiger partial charge in [0, 0.05) is 12.7 Å². The van der Waals surface area contributed by atoms with Crippen molar-refractivity contribution in [2.45, 2.75) is 6.92 Å². The maximum Gasteiger partial charge on any atom is 0.243 e. The summed E-state index contributed by atoms with van der Waals surface area (Å²) in [6.45, 7) is 1.97. The van der Waals surface area contributed by atoms with Crippen LogP contribution in [-0.4, -0.2) is 36.2 Å². The van der Waals surface area contributed by atoms with Gasteiger partial charge in [-0.15, -0.1) is 11.6 Å². The lowest BCUT2D eigenvalue weighted by Gasteiger charge is -2.15. The first-order valence-electron chi connectivity index (χ1n) is 5.19. The Morgan fingerprint density at radius 2 is 1.88 bits per heavy atom. The molecule has 0 saturated heterocycles. The number of hydrogen-bond donors (Lipinski definition) is 1. The Morgan fingerprint density at radius 1 is 1.29 bits per heavy atom. The molecule has 0 aromatic heterocycles. The van der Waals surface area contributed by atoms with Gasteiger partial charge in [-0.05, 0) is 19.1 Å². The van der Waals surface area contributed by atoms with E-state index >= 15 is 0 Å². The van der Waals surface area contributed by atoms with Gasteiger partial charge in [-0.3, -0.25) is 9.59 Å². The van der Waals surface area contributed by atoms with Crippen molar-refractivity contribution >= 4 is 29.1 Å². The third kappa shape index (κ3) is 4.44. The van der Waals surface area contributed by atoms with Crippen LogP contribution in [0.25, 0.3) is 0 Å². The standard InChI is InChI=1S/C12H15ClN2O2/c1-9-3-5-10(6-4-9)14-11(16)8-15(2)12(17)7-13/h3-6H,7-8H2,1-2H3,(H,14,16). The number of rotatable bonds is 4. The van der Waals surface area contributed by atoms with Crippen LogP contribution in [0.3, 0.4) is 0 Å². The van der Waals surface area contributed by atoms with E-state index in [0.717, 1.165) is 5.56 Å². The van der Waals surface area contributed by atoms with Gasteiger partial charge in [0.1, 0.15) is 5.88 Å². The molecule has 4 nitrogen and oxygen atoms in total. The summed E-state index contributed by atoms with van der Waals surface area (Å²) in [5.74, 6) is -0.630. The minimum absolute atomic E-state index is 0.000566. The average molecular weight is 255 g/mol. The molecule has 0 fully saturated rings. The fourth-order valence-electron chi connectivity index (χ4n) is 1.24. The topological polar surface area (TPSA) is 49.4 Å². The fourth-order valence-corrected chi connectivity index (χ4v) is 1.45. The van der Waals surface area contributed by atoms with Crippen molar-refractivity contribution in [2.24, 2.45) is 0 Å². The van der Waals surface area contributed by atoms with E-state index in [4.69, 9.17) is 11.6 Å². The van der Waals surface area contributed by atoms with Gasteiger partial charge in [0.25, 0.3) is 0 Å². The highest BCUT2D eigenvalue weighted by molar-refractivity contribution is 6.27. The molecule has 0 unspecified atom stereocenters. The zero-order valence-electron chi connectivity index (χ0n) is 9.87. The number of anilines is 1. The van der Waals surface area contributed by atoms with E-state index in [1.54, 1.807) is 7.05 Å². The van der Waals surface area contributed by atoms with Gasteiger partial charge >= 0.3 is 0 Å². The number of alkyl halides is 1. The van der Waals surface area contributed by atoms with Gasteiger partial charge in [-0.1, -0.05) is 17.7 Å². The van der Waals surface area contributed by atoms with Crippen LogP contribution in [0.15, 0.2) is 24.3 Å². The predicted molar refractivity (Wildman–Crippen MR) is 68.2 cm³/mol. The average Bonchev–Trinajstić information content (AvgIpc) is 2.30. The number of nitrogens with one attached hydrogen (secondary N) is 1. The second-order valence-corrected chi connectivity index (χ2v) is 4.06. The van der Waals surface area contributed by atoms with Crippen LogP contribution < -0.4 is 5.32 Å². The normalized spacial score (nSPS) is 9.82. The minimum atomic E-state index is -0.272. The second-order valence-electron chi connectivity index (χ2n) is 3.80. The van der Waals surface area contributed by atoms with Crippen LogP contribution in [0.4, 0.5) is 5.69 Å². The van der Waals surface area contributed by atoms with Crippen LogP contribution in [0.1, 0.15) is 5.56 Å². The fraction of sp³-hybridized carbons (Fsp3) is 0.333. The monoisotopic (exact) mass is 254 g/mol. The number of aryl methyl sites for hydroxylation is 1. The minimum Gasteiger partial charge on any atom is -0.335 e. The Kier molecular flexibility index (Phi) is 4.97. The molecular weight excluding hydrogens is 240 g/mol. The first-order valence-corrected chi connectivity index (χ1v) is 5.73. The summed E-state index contributed by atoms with van der Waals surface area (Å²) in [6, 6.07) is 7.44. The lowest BCUT2D eigenvalue weighted by molar-refractivity contribution is -0.131. The first kappa shape index (κ1) is 13.5. The molecule has 5 heteroatoms. The molecule has 0 atom stereocenters. The highest BCUT2D eigenvalue weighted by Crippen LogP contribution is 2.08. The van der Waals surface area contributed by atoms with Gasteiger partial charge in [-0.2, -0.15) is 0 Å². The van der Waals surface area contributed by atoms with Crippen molar-refractivity contribution < 1.29 is 9.59 Å². The van der Waals surface area contributed by atoms with E-state index < -0.39 is 0 Å². The number of benzene rings is 1. The highest BCUT2D eigenvalue weighted by Gasteiger charge is 2.11. The van der Waals surface area contributed by atoms with E-state index in [-0.39, 0.29) is 24.2 Å². The largest absolute Gasteiger partial charge is 0.335 e. The van der Waals surface area contributed by atoms with Crippen molar-refractivity contribution in [3.05, 3.63) is 29.8 Å². The van der Waals surface area contributed by atoms with Gasteiger partial charge in [0.15, 0.2) is 0 Å². The van der Waals surface area contributed by atoms with Gasteiger partial charge in [0.05, 0.1) is 6.54 Å². The molecule has 1 rings (SSSR count). The number of amides is 2. The zero-order valence-corrected chi connectivity index (χ0v) is 10.6. The SMILES string of the molecule is Cc1ccc(NC(=O)CN(C)C(=O)CCl)cc1. The molecule has 0 radical (unpaired) electrons. The predicted octanol–water partition coefficient (Wildman–Crippen LogP) is 1.63. The van der Waals surface area contributed by atoms with E-state index in [9.17, 15) is 9.59 Å². The Balaban J connectivity index is 2.50. The maximum atomic E-state index is 11.6. The molecule has 0 aliphatic rings. The molecule has 0 aliphatic carbocycles. The number of hydrogen-bond acceptors (Lipinski definition) is 2. The first-order chi connectivity index (χ1) is 8.02. The molecular formula is C12H15ClN2O2. The Morgan fingerprint density at radius 3 is 2.41 bits per heavy atom. The maximum absolute atomic E-state index is 11.6. The Hall–Kier alpha value is -1.55. The van der Waals surface area contributed by atoms with Gasteiger partial charge < -0.3 is 10.2 Å². The van der Waals surface area contributed by atoms with Crippen molar-refractivity contribution in [2.75, 3.05) is 24.8 Å². The molecule has 0 spiro atoms. The molecule has 2 amide bonds. The molecule has 1 aromatic rings. The van der Waals surface area contributed by atoms with E-state index in [1.165, 1.54) is 4.90 Å². The molecule has 0 heterocycles. The van der Waals surface area contributed by atoms with Crippen molar-refractivity contribution in [1.29, 1.82) is 0 Å². The van der Waals surface area contributed by atoms with E-state index in [0.29, 0.717) is 5.69 Å². The van der Waals surface area contributed by atoms with Gasteiger partial charge in [0.2, 0.25) is 11.8 Å². The Labute approximate surface area is 106 Å². The third-order valence-electron chi connectivity index (χ3n) is 2.26. The summed E-state index contributed by atoms with van der Waals surface area (Å²) in [6.07, 6.45) is 0. The van der Waals surface area contributed by atoms with Crippen LogP contribution in [0, 0.1) is 6.92 Å². The lowest BCUT2D eigenvalue weighted by atomic mass is 10.2. The quantitative estimate of drug-likeness (QED) is 0.831. The summed E-state index contributed by atoms with van der Waals surface area (Å²) < 4.78 is 0. The lowest BCUT2D eigenvalue weighted by Crippen LogP contribution is -2.35. The summed E-state index contributed by atoms with van der Waals surface area (Å²) >= 11 is 5.39. The molecule has 1 aromatic carbocycles. The third-order valence-corrected chi connectivity index (χ3v) is 2.48. The van der Waals surface area contributed by atoms with Crippen LogP contribution >= 0.6 is 11.6 Å². The van der Waals surface area contributed by atoms with Crippen molar-refractivity contribution in [3.8, 4) is 0 Å². The summed E-state index contributed by atoms with van der Waals surface area (Å²) in [4.78, 5) is 24.0. The molecule has 1 N–H and O–H groups in total. The smallest absolute Gasteiger partial charge is 0.243 e. The number of likely N-dealkylation sites (N-methyl/N-ethyl adjacent to an activating group) is 1. The van der Waals surface area contributed by atoms with E-state index in [2.05, 4.69) is 5.32 Å². The molecule has 0 bridgehead atoms. The molecule has 0 saturated carbocycles. The van der Waals surface area contributed by atoms with Crippen LogP contribution in [0.5, 0.6) is 0 Å². The summed E-state index contributed by atoms with van der Waals surface area (Å²) in [5, 5.41) is 2.70. The Bertz CT molecular complexity index is 403. The summed E-state index contributed by atoms with van der Waals surface area (Å²) in [5.41, 5.74) is 1.84. The molecule has 0 aliphatic heterocycles. The second kappa shape index (κ2) is 6.25. The number of carbonyl (C=O) groups excluding carboxylic acids is 2. The molecule has 17 heavy (non-hydrogen) atoms. The van der Waals surface area contributed by atoms with Crippen LogP contribution in [0.2, 0.25) is 0 Å². The zero-order chi connectivity index (χ0) is 12.8. The van der Waals surface area contributed by atoms with Crippen LogP contribution in [-0.2, 0) is 9.59 Å². The van der Waals surface area contributed by atoms with Crippen molar-refractivity contribution in [1.82, 2.24) is 4.90 Å². The highest BCUT2D eigenvalue weighted by atomic mass is 35.5.